The molecule has 0 spiro atoms. The van der Waals surface area contributed by atoms with Crippen LogP contribution >= 0.6 is 45.7 Å². The predicted octanol–water partition coefficient (Wildman–Crippen LogP) is 0.683. The van der Waals surface area contributed by atoms with Crippen LogP contribution in [0, 0.1) is 22.7 Å². The third-order valence-corrected chi connectivity index (χ3v) is 6.39. The minimum atomic E-state index is -1.06. The van der Waals surface area contributed by atoms with Crippen LogP contribution in [0.2, 0.25) is 0 Å². The van der Waals surface area contributed by atoms with E-state index in [2.05, 4.69) is 0 Å². The van der Waals surface area contributed by atoms with Crippen LogP contribution < -0.4 is 0 Å². The molecule has 1 saturated carbocycles. The lowest BCUT2D eigenvalue weighted by Crippen LogP contribution is -2.65. The van der Waals surface area contributed by atoms with Crippen molar-refractivity contribution in [3.8, 4) is 0 Å². The van der Waals surface area contributed by atoms with Gasteiger partial charge in [-0.2, -0.15) is 0 Å². The third kappa shape index (κ3) is 0.958. The number of amides is 4. The van der Waals surface area contributed by atoms with Gasteiger partial charge in [-0.15, -0.1) is 0 Å². The summed E-state index contributed by atoms with van der Waals surface area (Å²) in [6, 6.07) is 0. The second kappa shape index (κ2) is 3.25. The molecule has 18 heavy (non-hydrogen) atoms. The SMILES string of the molecule is CC12C(=O)N(I)C(=O)C1C1(C)C(=O)N(I)C(=O)C21. The van der Waals surface area contributed by atoms with Gasteiger partial charge in [0.25, 0.3) is 0 Å². The lowest BCUT2D eigenvalue weighted by molar-refractivity contribution is -0.179. The summed E-state index contributed by atoms with van der Waals surface area (Å²) in [5, 5.41) is 0. The summed E-state index contributed by atoms with van der Waals surface area (Å²) in [6.45, 7) is 3.23. The van der Waals surface area contributed by atoms with Crippen molar-refractivity contribution in [2.45, 2.75) is 13.8 Å². The molecular formula is C10H8I2N2O4. The van der Waals surface area contributed by atoms with Crippen molar-refractivity contribution in [2.24, 2.45) is 22.7 Å². The van der Waals surface area contributed by atoms with Crippen LogP contribution in [0.25, 0.3) is 0 Å². The Balaban J connectivity index is 2.21. The molecule has 3 fully saturated rings. The summed E-state index contributed by atoms with van der Waals surface area (Å²) in [5.41, 5.74) is -2.11. The zero-order valence-corrected chi connectivity index (χ0v) is 13.8. The highest BCUT2D eigenvalue weighted by Gasteiger charge is 2.85. The van der Waals surface area contributed by atoms with E-state index in [0.29, 0.717) is 0 Å². The van der Waals surface area contributed by atoms with Gasteiger partial charge >= 0.3 is 0 Å². The second-order valence-electron chi connectivity index (χ2n) is 5.28. The maximum absolute atomic E-state index is 12.2. The molecule has 0 radical (unpaired) electrons. The predicted molar refractivity (Wildman–Crippen MR) is 74.9 cm³/mol. The zero-order chi connectivity index (χ0) is 13.6. The van der Waals surface area contributed by atoms with Gasteiger partial charge in [-0.05, 0) is 13.8 Å². The quantitative estimate of drug-likeness (QED) is 0.294. The molecule has 0 aromatic heterocycles. The standard InChI is InChI=1S/C10H8I2N2O4/c1-9-3(5(15)13(11)7(9)17)10(2)4(9)6(16)14(12)8(10)18/h3-4H,1-2H3. The van der Waals surface area contributed by atoms with E-state index in [1.54, 1.807) is 59.6 Å². The zero-order valence-electron chi connectivity index (χ0n) is 9.44. The fourth-order valence-electron chi connectivity index (χ4n) is 3.85. The maximum atomic E-state index is 12.2. The van der Waals surface area contributed by atoms with Crippen molar-refractivity contribution in [2.75, 3.05) is 0 Å². The molecular weight excluding hydrogens is 466 g/mol. The van der Waals surface area contributed by atoms with Crippen LogP contribution in [0.5, 0.6) is 0 Å². The fourth-order valence-corrected chi connectivity index (χ4v) is 5.45. The minimum Gasteiger partial charge on any atom is -0.273 e. The lowest BCUT2D eigenvalue weighted by Gasteiger charge is -2.53. The average Bonchev–Trinajstić information content (AvgIpc) is 2.55. The van der Waals surface area contributed by atoms with Gasteiger partial charge in [-0.25, -0.2) is 6.23 Å². The van der Waals surface area contributed by atoms with Crippen LogP contribution in [-0.4, -0.2) is 29.9 Å². The molecule has 0 N–H and O–H groups in total. The highest BCUT2D eigenvalue weighted by atomic mass is 127. The van der Waals surface area contributed by atoms with Crippen molar-refractivity contribution in [1.82, 2.24) is 6.23 Å². The van der Waals surface area contributed by atoms with Crippen LogP contribution in [0.15, 0.2) is 0 Å². The first-order valence-corrected chi connectivity index (χ1v) is 7.21. The Morgan fingerprint density at radius 1 is 0.833 bits per heavy atom. The van der Waals surface area contributed by atoms with Gasteiger partial charge in [0.2, 0.25) is 23.6 Å². The third-order valence-electron chi connectivity index (χ3n) is 4.56. The van der Waals surface area contributed by atoms with E-state index in [9.17, 15) is 19.2 Å². The molecule has 8 heteroatoms. The van der Waals surface area contributed by atoms with Crippen molar-refractivity contribution in [1.29, 1.82) is 0 Å². The van der Waals surface area contributed by atoms with Crippen molar-refractivity contribution in [3.05, 3.63) is 0 Å². The van der Waals surface area contributed by atoms with E-state index in [1.165, 1.54) is 0 Å². The van der Waals surface area contributed by atoms with E-state index in [1.807, 2.05) is 0 Å². The van der Waals surface area contributed by atoms with Gasteiger partial charge in [-0.3, -0.25) is 19.2 Å². The first-order chi connectivity index (χ1) is 8.20. The summed E-state index contributed by atoms with van der Waals surface area (Å²) >= 11 is 3.29. The Morgan fingerprint density at radius 3 is 1.39 bits per heavy atom. The first kappa shape index (κ1) is 12.8. The highest BCUT2D eigenvalue weighted by Crippen LogP contribution is 2.71. The number of hydrogen-bond acceptors (Lipinski definition) is 4. The number of halogens is 2. The molecule has 2 aliphatic heterocycles. The Bertz CT molecular complexity index is 490. The summed E-state index contributed by atoms with van der Waals surface area (Å²) in [4.78, 5) is 48.5. The number of nitrogens with zero attached hydrogens (tertiary/aromatic N) is 2. The van der Waals surface area contributed by atoms with E-state index >= 15 is 0 Å². The molecule has 0 bridgehead atoms. The van der Waals surface area contributed by atoms with Crippen LogP contribution in [-0.2, 0) is 19.2 Å². The summed E-state index contributed by atoms with van der Waals surface area (Å²) in [6.07, 6.45) is 0. The molecule has 6 nitrogen and oxygen atoms in total. The van der Waals surface area contributed by atoms with E-state index in [4.69, 9.17) is 0 Å². The highest BCUT2D eigenvalue weighted by molar-refractivity contribution is 14.1. The van der Waals surface area contributed by atoms with E-state index in [-0.39, 0.29) is 23.6 Å². The largest absolute Gasteiger partial charge is 0.273 e. The minimum absolute atomic E-state index is 0.366. The molecule has 0 aromatic rings. The molecule has 0 unspecified atom stereocenters. The van der Waals surface area contributed by atoms with Gasteiger partial charge in [0.15, 0.2) is 0 Å². The number of carbonyl (C=O) groups is 4. The van der Waals surface area contributed by atoms with Gasteiger partial charge in [0.1, 0.15) is 0 Å². The summed E-state index contributed by atoms with van der Waals surface area (Å²) in [5.74, 6) is -2.89. The number of carbonyl (C=O) groups excluding carboxylic acids is 4. The van der Waals surface area contributed by atoms with Crippen molar-refractivity contribution < 1.29 is 19.2 Å². The molecule has 2 heterocycles. The number of hydrogen-bond donors (Lipinski definition) is 0. The van der Waals surface area contributed by atoms with E-state index in [0.717, 1.165) is 6.23 Å². The number of rotatable bonds is 0. The summed E-state index contributed by atoms with van der Waals surface area (Å²) < 4.78 is 2.04. The van der Waals surface area contributed by atoms with Gasteiger partial charge < -0.3 is 0 Å². The topological polar surface area (TPSA) is 74.8 Å². The Kier molecular flexibility index (Phi) is 2.30. The first-order valence-electron chi connectivity index (χ1n) is 5.28. The maximum Gasteiger partial charge on any atom is 0.245 e. The van der Waals surface area contributed by atoms with Gasteiger partial charge in [0, 0.05) is 0 Å². The number of fused-ring (bicyclic) bond motifs is 4. The molecule has 0 aromatic carbocycles. The number of imide groups is 2. The molecule has 1 aliphatic carbocycles. The Labute approximate surface area is 130 Å². The Hall–Kier alpha value is -0.260. The molecule has 2 saturated heterocycles. The Morgan fingerprint density at radius 2 is 1.11 bits per heavy atom. The van der Waals surface area contributed by atoms with Crippen molar-refractivity contribution >= 4 is 69.4 Å². The van der Waals surface area contributed by atoms with Crippen LogP contribution in [0.4, 0.5) is 0 Å². The fraction of sp³-hybridized carbons (Fsp3) is 0.600. The molecule has 0 atom stereocenters. The second-order valence-corrected chi connectivity index (χ2v) is 7.21. The lowest BCUT2D eigenvalue weighted by atomic mass is 9.41. The average molecular weight is 474 g/mol. The molecule has 4 amide bonds. The van der Waals surface area contributed by atoms with Gasteiger partial charge in [-0.1, -0.05) is 0 Å². The normalized spacial score (nSPS) is 46.4. The summed E-state index contributed by atoms with van der Waals surface area (Å²) in [7, 11) is 0. The van der Waals surface area contributed by atoms with Crippen LogP contribution in [0.1, 0.15) is 13.8 Å². The molecule has 96 valence electrons. The van der Waals surface area contributed by atoms with Gasteiger partial charge in [0.05, 0.1) is 68.4 Å². The van der Waals surface area contributed by atoms with E-state index < -0.39 is 22.7 Å². The van der Waals surface area contributed by atoms with Crippen LogP contribution in [0.3, 0.4) is 0 Å². The molecule has 3 rings (SSSR count). The smallest absolute Gasteiger partial charge is 0.245 e. The molecule has 3 aliphatic rings. The van der Waals surface area contributed by atoms with Crippen molar-refractivity contribution in [3.63, 3.8) is 0 Å². The monoisotopic (exact) mass is 474 g/mol.